The van der Waals surface area contributed by atoms with Crippen LogP contribution < -0.4 is 21.7 Å². The van der Waals surface area contributed by atoms with E-state index in [1.54, 1.807) is 38.1 Å². The molecule has 2 aromatic carbocycles. The van der Waals surface area contributed by atoms with Crippen molar-refractivity contribution in [1.82, 2.24) is 10.6 Å². The molecule has 8 heteroatoms. The van der Waals surface area contributed by atoms with Gasteiger partial charge in [-0.25, -0.2) is 9.18 Å². The Morgan fingerprint density at radius 3 is 2.17 bits per heavy atom. The van der Waals surface area contributed by atoms with Crippen molar-refractivity contribution in [2.45, 2.75) is 26.8 Å². The van der Waals surface area contributed by atoms with Crippen LogP contribution in [-0.2, 0) is 4.79 Å². The maximum Gasteiger partial charge on any atom is 0.315 e. The maximum absolute atomic E-state index is 12.9. The van der Waals surface area contributed by atoms with Crippen molar-refractivity contribution in [2.24, 2.45) is 11.1 Å². The molecule has 7 nitrogen and oxygen atoms in total. The summed E-state index contributed by atoms with van der Waals surface area (Å²) in [5.41, 5.74) is 6.19. The Morgan fingerprint density at radius 1 is 1.03 bits per heavy atom. The summed E-state index contributed by atoms with van der Waals surface area (Å²) in [6, 6.07) is 11.5. The summed E-state index contributed by atoms with van der Waals surface area (Å²) in [6.45, 7) is 5.23. The van der Waals surface area contributed by atoms with Gasteiger partial charge in [0.2, 0.25) is 5.91 Å². The highest BCUT2D eigenvalue weighted by atomic mass is 19.1. The van der Waals surface area contributed by atoms with Gasteiger partial charge >= 0.3 is 6.03 Å². The van der Waals surface area contributed by atoms with Crippen LogP contribution in [0.1, 0.15) is 42.7 Å². The Hall–Kier alpha value is -3.42. The van der Waals surface area contributed by atoms with Crippen LogP contribution in [0.5, 0.6) is 0 Å². The van der Waals surface area contributed by atoms with E-state index >= 15 is 0 Å². The normalized spacial score (nSPS) is 12.0. The lowest BCUT2D eigenvalue weighted by Gasteiger charge is -2.22. The lowest BCUT2D eigenvalue weighted by atomic mass is 9.93. The van der Waals surface area contributed by atoms with Gasteiger partial charge in [-0.2, -0.15) is 0 Å². The van der Waals surface area contributed by atoms with Gasteiger partial charge in [0.05, 0.1) is 11.5 Å². The third-order valence-electron chi connectivity index (χ3n) is 4.48. The number of carbonyl (C=O) groups is 3. The average molecular weight is 400 g/mol. The number of rotatable bonds is 7. The molecular formula is C21H25FN4O3. The number of nitrogens with one attached hydrogen (secondary N) is 3. The highest BCUT2D eigenvalue weighted by Crippen LogP contribution is 2.17. The fourth-order valence-electron chi connectivity index (χ4n) is 2.38. The summed E-state index contributed by atoms with van der Waals surface area (Å²) in [7, 11) is 0. The Bertz CT molecular complexity index is 880. The maximum atomic E-state index is 12.9. The van der Waals surface area contributed by atoms with E-state index in [4.69, 9.17) is 5.73 Å². The third kappa shape index (κ3) is 6.31. The SMILES string of the molecule is C[C@@H](NC(=O)NCC(C)(C)C(N)=O)c1ccc(NC(=O)c2ccc(F)cc2)cc1. The lowest BCUT2D eigenvalue weighted by molar-refractivity contribution is -0.125. The van der Waals surface area contributed by atoms with Crippen LogP contribution in [0, 0.1) is 11.2 Å². The van der Waals surface area contributed by atoms with E-state index in [1.165, 1.54) is 24.3 Å². The van der Waals surface area contributed by atoms with Gasteiger partial charge in [-0.15, -0.1) is 0 Å². The number of benzene rings is 2. The van der Waals surface area contributed by atoms with E-state index in [0.29, 0.717) is 11.3 Å². The summed E-state index contributed by atoms with van der Waals surface area (Å²) in [4.78, 5) is 35.5. The largest absolute Gasteiger partial charge is 0.369 e. The van der Waals surface area contributed by atoms with Crippen LogP contribution in [0.2, 0.25) is 0 Å². The number of halogens is 1. The molecule has 0 fully saturated rings. The van der Waals surface area contributed by atoms with Crippen molar-refractivity contribution < 1.29 is 18.8 Å². The molecule has 5 N–H and O–H groups in total. The monoisotopic (exact) mass is 400 g/mol. The predicted octanol–water partition coefficient (Wildman–Crippen LogP) is 2.95. The zero-order valence-electron chi connectivity index (χ0n) is 16.6. The molecule has 0 aliphatic heterocycles. The first-order chi connectivity index (χ1) is 13.6. The molecule has 0 aliphatic rings. The van der Waals surface area contributed by atoms with Crippen molar-refractivity contribution in [1.29, 1.82) is 0 Å². The molecule has 0 aliphatic carbocycles. The van der Waals surface area contributed by atoms with E-state index in [-0.39, 0.29) is 18.5 Å². The number of nitrogens with two attached hydrogens (primary N) is 1. The molecule has 4 amide bonds. The first-order valence-corrected chi connectivity index (χ1v) is 9.09. The van der Waals surface area contributed by atoms with Crippen molar-refractivity contribution in [3.8, 4) is 0 Å². The van der Waals surface area contributed by atoms with Crippen LogP contribution in [0.3, 0.4) is 0 Å². The van der Waals surface area contributed by atoms with Gasteiger partial charge in [-0.05, 0) is 62.7 Å². The molecule has 2 rings (SSSR count). The van der Waals surface area contributed by atoms with Crippen LogP contribution in [-0.4, -0.2) is 24.4 Å². The molecule has 2 aromatic rings. The second kappa shape index (κ2) is 9.18. The average Bonchev–Trinajstić information content (AvgIpc) is 2.67. The topological polar surface area (TPSA) is 113 Å². The van der Waals surface area contributed by atoms with Crippen molar-refractivity contribution in [2.75, 3.05) is 11.9 Å². The summed E-state index contributed by atoms with van der Waals surface area (Å²) < 4.78 is 12.9. The van der Waals surface area contributed by atoms with Gasteiger partial charge in [0.25, 0.3) is 5.91 Å². The standard InChI is InChI=1S/C21H25FN4O3/c1-13(25-20(29)24-12-21(2,3)19(23)28)14-6-10-17(11-7-14)26-18(27)15-4-8-16(22)9-5-15/h4-11,13H,12H2,1-3H3,(H2,23,28)(H,26,27)(H2,24,25,29)/t13-/m1/s1. The van der Waals surface area contributed by atoms with Gasteiger partial charge in [-0.3, -0.25) is 9.59 Å². The molecular weight excluding hydrogens is 375 g/mol. The summed E-state index contributed by atoms with van der Waals surface area (Å²) in [5, 5.41) is 8.13. The predicted molar refractivity (Wildman–Crippen MR) is 109 cm³/mol. The first kappa shape index (κ1) is 21.9. The van der Waals surface area contributed by atoms with Crippen LogP contribution in [0.4, 0.5) is 14.9 Å². The van der Waals surface area contributed by atoms with E-state index in [2.05, 4.69) is 16.0 Å². The summed E-state index contributed by atoms with van der Waals surface area (Å²) >= 11 is 0. The van der Waals surface area contributed by atoms with Crippen molar-refractivity contribution in [3.05, 3.63) is 65.5 Å². The number of amides is 4. The number of anilines is 1. The molecule has 0 radical (unpaired) electrons. The zero-order valence-corrected chi connectivity index (χ0v) is 16.6. The van der Waals surface area contributed by atoms with Gasteiger partial charge in [-0.1, -0.05) is 12.1 Å². The molecule has 154 valence electrons. The summed E-state index contributed by atoms with van der Waals surface area (Å²) in [5.74, 6) is -1.25. The Labute approximate surface area is 168 Å². The smallest absolute Gasteiger partial charge is 0.315 e. The molecule has 0 saturated carbocycles. The lowest BCUT2D eigenvalue weighted by Crippen LogP contribution is -2.46. The minimum Gasteiger partial charge on any atom is -0.369 e. The van der Waals surface area contributed by atoms with Gasteiger partial charge in [0, 0.05) is 17.8 Å². The molecule has 0 bridgehead atoms. The highest BCUT2D eigenvalue weighted by molar-refractivity contribution is 6.04. The first-order valence-electron chi connectivity index (χ1n) is 9.09. The number of primary amides is 1. The van der Waals surface area contributed by atoms with Gasteiger partial charge < -0.3 is 21.7 Å². The fourth-order valence-corrected chi connectivity index (χ4v) is 2.38. The van der Waals surface area contributed by atoms with Crippen LogP contribution in [0.15, 0.2) is 48.5 Å². The number of carbonyl (C=O) groups excluding carboxylic acids is 3. The Kier molecular flexibility index (Phi) is 6.93. The second-order valence-electron chi connectivity index (χ2n) is 7.38. The molecule has 0 spiro atoms. The van der Waals surface area contributed by atoms with Crippen LogP contribution >= 0.6 is 0 Å². The van der Waals surface area contributed by atoms with E-state index in [1.807, 2.05) is 6.92 Å². The quantitative estimate of drug-likeness (QED) is 0.573. The minimum absolute atomic E-state index is 0.120. The fraction of sp³-hybridized carbons (Fsp3) is 0.286. The van der Waals surface area contributed by atoms with Crippen LogP contribution in [0.25, 0.3) is 0 Å². The van der Waals surface area contributed by atoms with Crippen molar-refractivity contribution >= 4 is 23.5 Å². The second-order valence-corrected chi connectivity index (χ2v) is 7.38. The van der Waals surface area contributed by atoms with E-state index < -0.39 is 23.2 Å². The van der Waals surface area contributed by atoms with Gasteiger partial charge in [0.15, 0.2) is 0 Å². The number of hydrogen-bond donors (Lipinski definition) is 4. The molecule has 0 aromatic heterocycles. The molecule has 0 heterocycles. The highest BCUT2D eigenvalue weighted by Gasteiger charge is 2.25. The van der Waals surface area contributed by atoms with E-state index in [9.17, 15) is 18.8 Å². The molecule has 29 heavy (non-hydrogen) atoms. The molecule has 0 saturated heterocycles. The third-order valence-corrected chi connectivity index (χ3v) is 4.48. The zero-order chi connectivity index (χ0) is 21.6. The molecule has 0 unspecified atom stereocenters. The summed E-state index contributed by atoms with van der Waals surface area (Å²) in [6.07, 6.45) is 0. The Morgan fingerprint density at radius 2 is 1.62 bits per heavy atom. The molecule has 1 atom stereocenters. The minimum atomic E-state index is -0.842. The Balaban J connectivity index is 1.90. The van der Waals surface area contributed by atoms with Crippen molar-refractivity contribution in [3.63, 3.8) is 0 Å². The number of urea groups is 1. The number of hydrogen-bond acceptors (Lipinski definition) is 3. The van der Waals surface area contributed by atoms with E-state index in [0.717, 1.165) is 5.56 Å². The van der Waals surface area contributed by atoms with Gasteiger partial charge in [0.1, 0.15) is 5.82 Å².